The molecule has 3 aromatic rings. The van der Waals surface area contributed by atoms with E-state index in [1.165, 1.54) is 36.4 Å². The van der Waals surface area contributed by atoms with E-state index < -0.39 is 9.53 Å². The zero-order valence-electron chi connectivity index (χ0n) is 16.4. The standard InChI is InChI=1S/C24H20F2INO3/c25-17-5-1-15(2-6-17)21(30)13-14-24(27)22(16-3-11-20(29)12-4-16)28(23(24)31)19-9-7-18(26)8-10-19/h1-12,21-22,29-30H,13-14H2/t21-,22?,24?/m0/s1. The van der Waals surface area contributed by atoms with Crippen LogP contribution in [0.15, 0.2) is 72.8 Å². The Labute approximate surface area is 192 Å². The Hall–Kier alpha value is -2.52. The average Bonchev–Trinajstić information content (AvgIpc) is 2.77. The third kappa shape index (κ3) is 4.16. The number of carbonyl (C=O) groups is 1. The molecule has 1 fully saturated rings. The molecule has 0 aliphatic carbocycles. The SMILES string of the molecule is O=C1N(c2ccc(F)cc2)C(c2ccc(O)cc2)C1(I)CC[C@H](O)c1ccc(F)cc1. The van der Waals surface area contributed by atoms with Crippen molar-refractivity contribution in [1.29, 1.82) is 0 Å². The quantitative estimate of drug-likeness (QED) is 0.251. The molecule has 0 saturated carbocycles. The van der Waals surface area contributed by atoms with Crippen LogP contribution in [0.1, 0.15) is 36.1 Å². The van der Waals surface area contributed by atoms with Crippen molar-refractivity contribution in [3.63, 3.8) is 0 Å². The maximum absolute atomic E-state index is 13.4. The number of hydrogen-bond acceptors (Lipinski definition) is 3. The van der Waals surface area contributed by atoms with Gasteiger partial charge in [-0.15, -0.1) is 0 Å². The number of β-lactam (4-membered cyclic amide) rings is 1. The molecule has 31 heavy (non-hydrogen) atoms. The number of benzene rings is 3. The van der Waals surface area contributed by atoms with Gasteiger partial charge in [-0.2, -0.15) is 0 Å². The first-order chi connectivity index (χ1) is 14.8. The Morgan fingerprint density at radius 3 is 2.06 bits per heavy atom. The minimum Gasteiger partial charge on any atom is -0.508 e. The van der Waals surface area contributed by atoms with E-state index in [0.717, 1.165) is 5.56 Å². The summed E-state index contributed by atoms with van der Waals surface area (Å²) in [5.41, 5.74) is 1.99. The highest BCUT2D eigenvalue weighted by Crippen LogP contribution is 2.54. The molecule has 0 bridgehead atoms. The van der Waals surface area contributed by atoms with Crippen LogP contribution in [0.25, 0.3) is 0 Å². The highest BCUT2D eigenvalue weighted by molar-refractivity contribution is 14.1. The van der Waals surface area contributed by atoms with Crippen molar-refractivity contribution < 1.29 is 23.8 Å². The summed E-state index contributed by atoms with van der Waals surface area (Å²) in [6.07, 6.45) is -0.138. The molecule has 1 heterocycles. The Kier molecular flexibility index (Phi) is 5.98. The Morgan fingerprint density at radius 1 is 0.935 bits per heavy atom. The highest BCUT2D eigenvalue weighted by Gasteiger charge is 2.59. The van der Waals surface area contributed by atoms with Gasteiger partial charge < -0.3 is 15.1 Å². The van der Waals surface area contributed by atoms with Gasteiger partial charge >= 0.3 is 0 Å². The third-order valence-electron chi connectivity index (χ3n) is 5.62. The summed E-state index contributed by atoms with van der Waals surface area (Å²) in [6.45, 7) is 0. The number of aromatic hydroxyl groups is 1. The van der Waals surface area contributed by atoms with Crippen LogP contribution < -0.4 is 4.90 Å². The molecule has 1 saturated heterocycles. The molecular formula is C24H20F2INO3. The van der Waals surface area contributed by atoms with Crippen molar-refractivity contribution in [3.05, 3.63) is 95.6 Å². The number of phenolic OH excluding ortho intramolecular Hbond substituents is 1. The first kappa shape index (κ1) is 21.7. The van der Waals surface area contributed by atoms with Crippen LogP contribution in [-0.4, -0.2) is 19.5 Å². The van der Waals surface area contributed by atoms with Crippen molar-refractivity contribution in [2.45, 2.75) is 28.4 Å². The van der Waals surface area contributed by atoms with Crippen LogP contribution in [0.5, 0.6) is 5.75 Å². The number of rotatable bonds is 6. The van der Waals surface area contributed by atoms with Crippen molar-refractivity contribution in [1.82, 2.24) is 0 Å². The molecule has 4 nitrogen and oxygen atoms in total. The van der Waals surface area contributed by atoms with Crippen LogP contribution in [-0.2, 0) is 4.79 Å². The lowest BCUT2D eigenvalue weighted by Crippen LogP contribution is -2.65. The van der Waals surface area contributed by atoms with E-state index in [1.807, 2.05) is 0 Å². The number of halogens is 3. The number of anilines is 1. The van der Waals surface area contributed by atoms with Gasteiger partial charge in [-0.3, -0.25) is 4.79 Å². The maximum Gasteiger partial charge on any atom is 0.246 e. The van der Waals surface area contributed by atoms with E-state index in [1.54, 1.807) is 41.3 Å². The fraction of sp³-hybridized carbons (Fsp3) is 0.208. The monoisotopic (exact) mass is 535 g/mol. The smallest absolute Gasteiger partial charge is 0.246 e. The zero-order chi connectivity index (χ0) is 22.2. The van der Waals surface area contributed by atoms with Gasteiger partial charge in [-0.05, 0) is 72.5 Å². The lowest BCUT2D eigenvalue weighted by atomic mass is 9.78. The second-order valence-electron chi connectivity index (χ2n) is 7.61. The highest BCUT2D eigenvalue weighted by atomic mass is 127. The molecule has 1 amide bonds. The number of carbonyl (C=O) groups excluding carboxylic acids is 1. The lowest BCUT2D eigenvalue weighted by Gasteiger charge is -2.53. The van der Waals surface area contributed by atoms with Gasteiger partial charge in [0, 0.05) is 5.69 Å². The molecule has 3 aromatic carbocycles. The summed E-state index contributed by atoms with van der Waals surface area (Å²) in [6, 6.07) is 17.7. The number of nitrogens with zero attached hydrogens (tertiary/aromatic N) is 1. The molecule has 4 rings (SSSR count). The van der Waals surface area contributed by atoms with Gasteiger partial charge in [0.05, 0.1) is 12.1 Å². The Balaban J connectivity index is 1.61. The molecule has 7 heteroatoms. The largest absolute Gasteiger partial charge is 0.508 e. The lowest BCUT2D eigenvalue weighted by molar-refractivity contribution is -0.127. The number of phenols is 1. The van der Waals surface area contributed by atoms with Crippen molar-refractivity contribution in [3.8, 4) is 5.75 Å². The van der Waals surface area contributed by atoms with Crippen molar-refractivity contribution in [2.24, 2.45) is 0 Å². The molecule has 0 aromatic heterocycles. The second kappa shape index (κ2) is 8.55. The fourth-order valence-corrected chi connectivity index (χ4v) is 5.16. The van der Waals surface area contributed by atoms with E-state index in [2.05, 4.69) is 22.6 Å². The Morgan fingerprint density at radius 2 is 1.48 bits per heavy atom. The van der Waals surface area contributed by atoms with Gasteiger partial charge in [0.1, 0.15) is 20.8 Å². The number of aliphatic hydroxyl groups excluding tert-OH is 1. The van der Waals surface area contributed by atoms with E-state index in [-0.39, 0.29) is 29.3 Å². The van der Waals surface area contributed by atoms with Gasteiger partial charge in [0.25, 0.3) is 0 Å². The first-order valence-electron chi connectivity index (χ1n) is 9.80. The third-order valence-corrected chi connectivity index (χ3v) is 7.21. The van der Waals surface area contributed by atoms with Crippen LogP contribution in [0.4, 0.5) is 14.5 Å². The molecule has 2 N–H and O–H groups in total. The summed E-state index contributed by atoms with van der Waals surface area (Å²) in [5, 5.41) is 20.2. The van der Waals surface area contributed by atoms with Crippen LogP contribution >= 0.6 is 22.6 Å². The summed E-state index contributed by atoms with van der Waals surface area (Å²) in [5.74, 6) is -0.781. The molecular weight excluding hydrogens is 515 g/mol. The number of aliphatic hydroxyl groups is 1. The first-order valence-corrected chi connectivity index (χ1v) is 10.9. The number of hydrogen-bond donors (Lipinski definition) is 2. The molecule has 0 radical (unpaired) electrons. The summed E-state index contributed by atoms with van der Waals surface area (Å²) < 4.78 is 25.7. The zero-order valence-corrected chi connectivity index (χ0v) is 18.5. The van der Waals surface area contributed by atoms with Crippen molar-refractivity contribution >= 4 is 34.2 Å². The van der Waals surface area contributed by atoms with E-state index in [4.69, 9.17) is 0 Å². The maximum atomic E-state index is 13.4. The van der Waals surface area contributed by atoms with Gasteiger partial charge in [-0.1, -0.05) is 46.9 Å². The van der Waals surface area contributed by atoms with Gasteiger partial charge in [0.2, 0.25) is 5.91 Å². The van der Waals surface area contributed by atoms with Crippen molar-refractivity contribution in [2.75, 3.05) is 4.90 Å². The molecule has 2 unspecified atom stereocenters. The van der Waals surface area contributed by atoms with Gasteiger partial charge in [-0.25, -0.2) is 8.78 Å². The number of alkyl halides is 1. The summed E-state index contributed by atoms with van der Waals surface area (Å²) >= 11 is 2.13. The minimum atomic E-state index is -0.833. The second-order valence-corrected chi connectivity index (χ2v) is 9.54. The predicted octanol–water partition coefficient (Wildman–Crippen LogP) is 5.45. The molecule has 1 aliphatic rings. The summed E-state index contributed by atoms with van der Waals surface area (Å²) in [7, 11) is 0. The van der Waals surface area contributed by atoms with Crippen LogP contribution in [0.2, 0.25) is 0 Å². The molecule has 3 atom stereocenters. The molecule has 1 aliphatic heterocycles. The van der Waals surface area contributed by atoms with E-state index >= 15 is 0 Å². The fourth-order valence-electron chi connectivity index (χ4n) is 3.95. The minimum absolute atomic E-state index is 0.119. The van der Waals surface area contributed by atoms with Crippen LogP contribution in [0.3, 0.4) is 0 Å². The van der Waals surface area contributed by atoms with E-state index in [0.29, 0.717) is 24.1 Å². The average molecular weight is 535 g/mol. The van der Waals surface area contributed by atoms with Crippen LogP contribution in [0, 0.1) is 11.6 Å². The summed E-state index contributed by atoms with van der Waals surface area (Å²) in [4.78, 5) is 14.9. The van der Waals surface area contributed by atoms with Gasteiger partial charge in [0.15, 0.2) is 0 Å². The normalized spacial score (nSPS) is 21.6. The van der Waals surface area contributed by atoms with E-state index in [9.17, 15) is 23.8 Å². The molecule has 160 valence electrons. The molecule has 0 spiro atoms. The topological polar surface area (TPSA) is 60.8 Å². The number of amides is 1. The Bertz CT molecular complexity index is 1070. The predicted molar refractivity (Wildman–Crippen MR) is 122 cm³/mol.